The Morgan fingerprint density at radius 3 is 2.42 bits per heavy atom. The van der Waals surface area contributed by atoms with Gasteiger partial charge in [0.05, 0.1) is 13.7 Å². The fourth-order valence-electron chi connectivity index (χ4n) is 2.88. The molecule has 0 unspecified atom stereocenters. The van der Waals surface area contributed by atoms with Crippen LogP contribution < -0.4 is 14.8 Å². The molecular formula is C25H19FI2N2O3. The number of ether oxygens (including phenoxy) is 2. The monoisotopic (exact) mass is 668 g/mol. The first-order valence-corrected chi connectivity index (χ1v) is 12.1. The van der Waals surface area contributed by atoms with Crippen LogP contribution in [0.1, 0.15) is 18.1 Å². The van der Waals surface area contributed by atoms with Gasteiger partial charge in [-0.3, -0.25) is 4.79 Å². The van der Waals surface area contributed by atoms with Gasteiger partial charge in [-0.2, -0.15) is 5.26 Å². The normalized spacial score (nSPS) is 10.9. The number of carbonyl (C=O) groups is 1. The van der Waals surface area contributed by atoms with Crippen LogP contribution in [0.25, 0.3) is 6.08 Å². The predicted molar refractivity (Wildman–Crippen MR) is 142 cm³/mol. The highest BCUT2D eigenvalue weighted by atomic mass is 127. The van der Waals surface area contributed by atoms with Gasteiger partial charge < -0.3 is 14.8 Å². The van der Waals surface area contributed by atoms with Crippen molar-refractivity contribution in [3.05, 3.63) is 90.3 Å². The molecule has 0 saturated carbocycles. The third-order valence-electron chi connectivity index (χ3n) is 4.40. The van der Waals surface area contributed by atoms with Gasteiger partial charge in [0.15, 0.2) is 0 Å². The van der Waals surface area contributed by atoms with Crippen LogP contribution in [-0.2, 0) is 11.4 Å². The molecule has 5 nitrogen and oxygen atoms in total. The zero-order chi connectivity index (χ0) is 23.8. The van der Waals surface area contributed by atoms with E-state index in [2.05, 4.69) is 50.5 Å². The van der Waals surface area contributed by atoms with E-state index in [9.17, 15) is 14.4 Å². The first kappa shape index (κ1) is 25.0. The Bertz CT molecular complexity index is 1200. The number of halogens is 3. The fraction of sp³-hybridized carbons (Fsp3) is 0.120. The van der Waals surface area contributed by atoms with Crippen LogP contribution >= 0.6 is 45.2 Å². The van der Waals surface area contributed by atoms with Gasteiger partial charge in [-0.1, -0.05) is 18.2 Å². The lowest BCUT2D eigenvalue weighted by molar-refractivity contribution is -0.112. The van der Waals surface area contributed by atoms with E-state index >= 15 is 0 Å². The average Bonchev–Trinajstić information content (AvgIpc) is 2.78. The first-order chi connectivity index (χ1) is 15.9. The van der Waals surface area contributed by atoms with E-state index in [0.717, 1.165) is 12.7 Å². The summed E-state index contributed by atoms with van der Waals surface area (Å²) in [5.41, 5.74) is 2.07. The van der Waals surface area contributed by atoms with Gasteiger partial charge in [0, 0.05) is 11.8 Å². The topological polar surface area (TPSA) is 71.3 Å². The molecule has 0 aromatic heterocycles. The molecule has 0 heterocycles. The number of benzene rings is 3. The number of carbonyl (C=O) groups excluding carboxylic acids is 1. The zero-order valence-electron chi connectivity index (χ0n) is 17.6. The van der Waals surface area contributed by atoms with Gasteiger partial charge in [0.1, 0.15) is 35.6 Å². The second-order valence-corrected chi connectivity index (χ2v) is 9.14. The third-order valence-corrected chi connectivity index (χ3v) is 6.00. The third kappa shape index (κ3) is 7.17. The van der Waals surface area contributed by atoms with Crippen molar-refractivity contribution in [2.75, 3.05) is 11.9 Å². The predicted octanol–water partition coefficient (Wildman–Crippen LogP) is 6.56. The van der Waals surface area contributed by atoms with Crippen LogP contribution in [0.4, 0.5) is 10.1 Å². The molecule has 0 aliphatic rings. The molecular weight excluding hydrogens is 649 g/mol. The summed E-state index contributed by atoms with van der Waals surface area (Å²) in [6.07, 6.45) is 1.54. The number of anilines is 1. The van der Waals surface area contributed by atoms with Crippen molar-refractivity contribution in [2.45, 2.75) is 13.5 Å². The second-order valence-electron chi connectivity index (χ2n) is 6.81. The quantitative estimate of drug-likeness (QED) is 0.168. The summed E-state index contributed by atoms with van der Waals surface area (Å²) in [7, 11) is 0. The van der Waals surface area contributed by atoms with Crippen molar-refractivity contribution in [3.8, 4) is 17.6 Å². The Morgan fingerprint density at radius 2 is 1.79 bits per heavy atom. The molecule has 3 aromatic rings. The highest BCUT2D eigenvalue weighted by molar-refractivity contribution is 14.1. The maximum atomic E-state index is 13.1. The molecule has 0 atom stereocenters. The molecule has 1 amide bonds. The molecule has 0 spiro atoms. The molecule has 0 fully saturated rings. The molecule has 3 aromatic carbocycles. The van der Waals surface area contributed by atoms with Crippen LogP contribution in [-0.4, -0.2) is 12.5 Å². The highest BCUT2D eigenvalue weighted by Gasteiger charge is 2.13. The Balaban J connectivity index is 1.75. The molecule has 0 saturated heterocycles. The number of rotatable bonds is 8. The van der Waals surface area contributed by atoms with Gasteiger partial charge >= 0.3 is 0 Å². The Labute approximate surface area is 218 Å². The summed E-state index contributed by atoms with van der Waals surface area (Å²) in [4.78, 5) is 12.6. The molecule has 0 bridgehead atoms. The van der Waals surface area contributed by atoms with Crippen LogP contribution in [0.2, 0.25) is 0 Å². The Hall–Kier alpha value is -2.65. The van der Waals surface area contributed by atoms with E-state index in [1.807, 2.05) is 25.1 Å². The summed E-state index contributed by atoms with van der Waals surface area (Å²) < 4.78 is 26.1. The number of hydrogen-bond donors (Lipinski definition) is 1. The number of hydrogen-bond acceptors (Lipinski definition) is 4. The molecule has 0 aliphatic heterocycles. The fourth-order valence-corrected chi connectivity index (χ4v) is 5.01. The minimum Gasteiger partial charge on any atom is -0.494 e. The average molecular weight is 668 g/mol. The van der Waals surface area contributed by atoms with Crippen LogP contribution in [0.3, 0.4) is 0 Å². The first-order valence-electron chi connectivity index (χ1n) is 9.92. The number of nitriles is 1. The largest absolute Gasteiger partial charge is 0.494 e. The summed E-state index contributed by atoms with van der Waals surface area (Å²) in [5.74, 6) is 0.526. The zero-order valence-corrected chi connectivity index (χ0v) is 21.9. The van der Waals surface area contributed by atoms with E-state index in [1.165, 1.54) is 18.2 Å². The van der Waals surface area contributed by atoms with Crippen LogP contribution in [0.5, 0.6) is 11.5 Å². The van der Waals surface area contributed by atoms with Gasteiger partial charge in [0.2, 0.25) is 0 Å². The van der Waals surface area contributed by atoms with Gasteiger partial charge in [-0.05, 0) is 106 Å². The number of nitrogens with one attached hydrogen (secondary N) is 1. The summed E-state index contributed by atoms with van der Waals surface area (Å²) in [6.45, 7) is 2.69. The van der Waals surface area contributed by atoms with Gasteiger partial charge in [-0.15, -0.1) is 0 Å². The summed E-state index contributed by atoms with van der Waals surface area (Å²) in [5, 5.41) is 12.3. The van der Waals surface area contributed by atoms with E-state index < -0.39 is 5.91 Å². The lowest BCUT2D eigenvalue weighted by Gasteiger charge is -2.12. The molecule has 168 valence electrons. The molecule has 1 N–H and O–H groups in total. The summed E-state index contributed by atoms with van der Waals surface area (Å²) in [6, 6.07) is 18.8. The Morgan fingerprint density at radius 1 is 1.09 bits per heavy atom. The van der Waals surface area contributed by atoms with E-state index in [-0.39, 0.29) is 11.4 Å². The van der Waals surface area contributed by atoms with Gasteiger partial charge in [-0.25, -0.2) is 4.39 Å². The molecule has 0 radical (unpaired) electrons. The minimum absolute atomic E-state index is 0.0246. The SMILES string of the molecule is CCOc1cccc(NC(=O)/C(C#N)=C\c2cc(I)c(OCc3ccc(F)cc3)c(I)c2)c1. The highest BCUT2D eigenvalue weighted by Crippen LogP contribution is 2.30. The van der Waals surface area contributed by atoms with Crippen molar-refractivity contribution in [1.82, 2.24) is 0 Å². The van der Waals surface area contributed by atoms with E-state index in [0.29, 0.717) is 36.0 Å². The van der Waals surface area contributed by atoms with Crippen molar-refractivity contribution < 1.29 is 18.7 Å². The van der Waals surface area contributed by atoms with Crippen LogP contribution in [0, 0.1) is 24.3 Å². The minimum atomic E-state index is -0.507. The number of amides is 1. The maximum absolute atomic E-state index is 13.1. The van der Waals surface area contributed by atoms with Crippen molar-refractivity contribution in [2.24, 2.45) is 0 Å². The van der Waals surface area contributed by atoms with Crippen molar-refractivity contribution in [3.63, 3.8) is 0 Å². The molecule has 3 rings (SSSR count). The lowest BCUT2D eigenvalue weighted by Crippen LogP contribution is -2.13. The Kier molecular flexibility index (Phi) is 9.08. The van der Waals surface area contributed by atoms with E-state index in [1.54, 1.807) is 36.4 Å². The number of nitrogens with zero attached hydrogens (tertiary/aromatic N) is 1. The standard InChI is InChI=1S/C25H19FI2N2O3/c1-2-32-21-5-3-4-20(13-21)30-25(31)18(14-29)10-17-11-22(27)24(23(28)12-17)33-15-16-6-8-19(26)9-7-16/h3-13H,2,15H2,1H3,(H,30,31)/b18-10-. The van der Waals surface area contributed by atoms with E-state index in [4.69, 9.17) is 9.47 Å². The molecule has 33 heavy (non-hydrogen) atoms. The smallest absolute Gasteiger partial charge is 0.266 e. The van der Waals surface area contributed by atoms with Gasteiger partial charge in [0.25, 0.3) is 5.91 Å². The molecule has 8 heteroatoms. The van der Waals surface area contributed by atoms with Crippen molar-refractivity contribution in [1.29, 1.82) is 5.26 Å². The summed E-state index contributed by atoms with van der Waals surface area (Å²) >= 11 is 4.30. The lowest BCUT2D eigenvalue weighted by atomic mass is 10.1. The van der Waals surface area contributed by atoms with Crippen LogP contribution in [0.15, 0.2) is 66.2 Å². The second kappa shape index (κ2) is 12.0. The maximum Gasteiger partial charge on any atom is 0.266 e. The molecule has 0 aliphatic carbocycles. The van der Waals surface area contributed by atoms with Crippen molar-refractivity contribution >= 4 is 62.9 Å².